The largest absolute Gasteiger partial charge is 0.372 e. The Morgan fingerprint density at radius 3 is 2.29 bits per heavy atom. The molecule has 1 amide bonds. The monoisotopic (exact) mass is 321 g/mol. The van der Waals surface area contributed by atoms with Gasteiger partial charge in [0.15, 0.2) is 5.78 Å². The molecule has 0 radical (unpaired) electrons. The lowest BCUT2D eigenvalue weighted by atomic mass is 10.0. The molecule has 0 N–H and O–H groups in total. The molecule has 0 saturated carbocycles. The maximum atomic E-state index is 12.8. The van der Waals surface area contributed by atoms with Gasteiger partial charge in [-0.15, -0.1) is 0 Å². The zero-order valence-electron chi connectivity index (χ0n) is 13.8. The predicted octanol–water partition coefficient (Wildman–Crippen LogP) is 3.15. The van der Waals surface area contributed by atoms with E-state index in [2.05, 4.69) is 0 Å². The molecule has 1 saturated heterocycles. The van der Waals surface area contributed by atoms with Crippen LogP contribution in [0.25, 0.3) is 11.1 Å². The van der Waals surface area contributed by atoms with Gasteiger partial charge in [0.2, 0.25) is 0 Å². The van der Waals surface area contributed by atoms with Crippen LogP contribution in [0.2, 0.25) is 0 Å². The molecular weight excluding hydrogens is 302 g/mol. The maximum Gasteiger partial charge on any atom is 0.254 e. The molecule has 4 heteroatoms. The maximum absolute atomic E-state index is 12.8. The smallest absolute Gasteiger partial charge is 0.254 e. The van der Waals surface area contributed by atoms with E-state index in [9.17, 15) is 9.59 Å². The van der Waals surface area contributed by atoms with Crippen LogP contribution in [0, 0.1) is 0 Å². The Hall–Kier alpha value is -2.46. The van der Waals surface area contributed by atoms with Gasteiger partial charge in [0.05, 0.1) is 12.2 Å². The van der Waals surface area contributed by atoms with Gasteiger partial charge in [0.25, 0.3) is 5.91 Å². The summed E-state index contributed by atoms with van der Waals surface area (Å²) in [4.78, 5) is 27.2. The van der Waals surface area contributed by atoms with Gasteiger partial charge in [-0.25, -0.2) is 0 Å². The summed E-state index contributed by atoms with van der Waals surface area (Å²) >= 11 is 0. The van der Waals surface area contributed by atoms with Crippen molar-refractivity contribution in [2.24, 2.45) is 0 Å². The van der Waals surface area contributed by atoms with Crippen LogP contribution in [-0.4, -0.2) is 41.9 Å². The summed E-state index contributed by atoms with van der Waals surface area (Å²) in [6.45, 7) is 5.10. The molecule has 1 fully saturated rings. The highest BCUT2D eigenvalue weighted by molar-refractivity contribution is 6.22. The molecule has 1 aliphatic carbocycles. The highest BCUT2D eigenvalue weighted by Gasteiger charge is 2.30. The van der Waals surface area contributed by atoms with E-state index >= 15 is 0 Å². The molecule has 0 bridgehead atoms. The average molecular weight is 321 g/mol. The van der Waals surface area contributed by atoms with Gasteiger partial charge in [-0.3, -0.25) is 9.59 Å². The van der Waals surface area contributed by atoms with Crippen molar-refractivity contribution < 1.29 is 14.3 Å². The van der Waals surface area contributed by atoms with Crippen molar-refractivity contribution >= 4 is 11.7 Å². The topological polar surface area (TPSA) is 46.6 Å². The molecular formula is C20H19NO3. The molecule has 24 heavy (non-hydrogen) atoms. The summed E-state index contributed by atoms with van der Waals surface area (Å²) in [5.74, 6) is -0.0393. The Kier molecular flexibility index (Phi) is 3.50. The highest BCUT2D eigenvalue weighted by Crippen LogP contribution is 2.36. The summed E-state index contributed by atoms with van der Waals surface area (Å²) in [7, 11) is 0. The zero-order chi connectivity index (χ0) is 16.8. The number of ketones is 1. The molecule has 4 rings (SSSR count). The first-order chi connectivity index (χ1) is 11.5. The second kappa shape index (κ2) is 5.56. The molecule has 1 aliphatic heterocycles. The molecule has 2 atom stereocenters. The van der Waals surface area contributed by atoms with Crippen molar-refractivity contribution in [1.29, 1.82) is 0 Å². The number of benzene rings is 2. The van der Waals surface area contributed by atoms with Crippen molar-refractivity contribution in [2.75, 3.05) is 13.1 Å². The van der Waals surface area contributed by atoms with E-state index in [-0.39, 0.29) is 23.9 Å². The molecule has 4 nitrogen and oxygen atoms in total. The lowest BCUT2D eigenvalue weighted by Gasteiger charge is -2.35. The standard InChI is InChI=1S/C20H19NO3/c1-12-10-21(11-13(2)24-12)20(23)14-7-8-16-15-5-3-4-6-17(15)19(22)18(16)9-14/h3-9,12-13H,10-11H2,1-2H3/t12-,13-/m0/s1. The summed E-state index contributed by atoms with van der Waals surface area (Å²) < 4.78 is 5.69. The Morgan fingerprint density at radius 2 is 1.58 bits per heavy atom. The quantitative estimate of drug-likeness (QED) is 0.692. The lowest BCUT2D eigenvalue weighted by Crippen LogP contribution is -2.48. The van der Waals surface area contributed by atoms with Crippen LogP contribution in [0.1, 0.15) is 40.1 Å². The van der Waals surface area contributed by atoms with E-state index in [4.69, 9.17) is 4.74 Å². The molecule has 1 heterocycles. The number of nitrogens with zero attached hydrogens (tertiary/aromatic N) is 1. The van der Waals surface area contributed by atoms with E-state index in [0.717, 1.165) is 11.1 Å². The van der Waals surface area contributed by atoms with Gasteiger partial charge >= 0.3 is 0 Å². The van der Waals surface area contributed by atoms with Gasteiger partial charge in [-0.05, 0) is 37.1 Å². The Morgan fingerprint density at radius 1 is 0.958 bits per heavy atom. The minimum atomic E-state index is -0.0384. The third-order valence-corrected chi connectivity index (χ3v) is 4.68. The van der Waals surface area contributed by atoms with Crippen molar-refractivity contribution in [1.82, 2.24) is 4.90 Å². The van der Waals surface area contributed by atoms with Gasteiger partial charge < -0.3 is 9.64 Å². The van der Waals surface area contributed by atoms with E-state index in [1.54, 1.807) is 6.07 Å². The Bertz CT molecular complexity index is 833. The number of carbonyl (C=O) groups is 2. The summed E-state index contributed by atoms with van der Waals surface area (Å²) in [5, 5.41) is 0. The molecule has 0 spiro atoms. The van der Waals surface area contributed by atoms with Crippen LogP contribution in [-0.2, 0) is 4.74 Å². The van der Waals surface area contributed by atoms with Gasteiger partial charge in [0, 0.05) is 29.8 Å². The first-order valence-electron chi connectivity index (χ1n) is 8.27. The molecule has 0 aromatic heterocycles. The number of hydrogen-bond acceptors (Lipinski definition) is 3. The average Bonchev–Trinajstić information content (AvgIpc) is 2.86. The number of hydrogen-bond donors (Lipinski definition) is 0. The second-order valence-electron chi connectivity index (χ2n) is 6.60. The van der Waals surface area contributed by atoms with Crippen LogP contribution in [0.3, 0.4) is 0 Å². The number of rotatable bonds is 1. The summed E-state index contributed by atoms with van der Waals surface area (Å²) in [6.07, 6.45) is 0.0519. The zero-order valence-corrected chi connectivity index (χ0v) is 13.8. The fourth-order valence-corrected chi connectivity index (χ4v) is 3.69. The molecule has 2 aromatic carbocycles. The van der Waals surface area contributed by atoms with E-state index in [1.165, 1.54) is 0 Å². The lowest BCUT2D eigenvalue weighted by molar-refractivity contribution is -0.0586. The van der Waals surface area contributed by atoms with Gasteiger partial charge in [-0.1, -0.05) is 30.3 Å². The number of carbonyl (C=O) groups excluding carboxylic acids is 2. The Balaban J connectivity index is 1.68. The molecule has 0 unspecified atom stereocenters. The van der Waals surface area contributed by atoms with E-state index in [0.29, 0.717) is 29.8 Å². The van der Waals surface area contributed by atoms with Crippen molar-refractivity contribution in [2.45, 2.75) is 26.1 Å². The molecule has 122 valence electrons. The molecule has 2 aromatic rings. The number of fused-ring (bicyclic) bond motifs is 3. The predicted molar refractivity (Wildman–Crippen MR) is 91.2 cm³/mol. The third-order valence-electron chi connectivity index (χ3n) is 4.68. The normalized spacial score (nSPS) is 22.2. The highest BCUT2D eigenvalue weighted by atomic mass is 16.5. The van der Waals surface area contributed by atoms with Crippen LogP contribution in [0.4, 0.5) is 0 Å². The first-order valence-corrected chi connectivity index (χ1v) is 8.27. The second-order valence-corrected chi connectivity index (χ2v) is 6.60. The van der Waals surface area contributed by atoms with Crippen LogP contribution >= 0.6 is 0 Å². The van der Waals surface area contributed by atoms with Crippen LogP contribution in [0.5, 0.6) is 0 Å². The fourth-order valence-electron chi connectivity index (χ4n) is 3.69. The van der Waals surface area contributed by atoms with E-state index < -0.39 is 0 Å². The minimum Gasteiger partial charge on any atom is -0.372 e. The first kappa shape index (κ1) is 15.1. The fraction of sp³-hybridized carbons (Fsp3) is 0.300. The SMILES string of the molecule is C[C@H]1CN(C(=O)c2ccc3c(c2)C(=O)c2ccccc2-3)C[C@H](C)O1. The molecule has 2 aliphatic rings. The third kappa shape index (κ3) is 2.34. The van der Waals surface area contributed by atoms with E-state index in [1.807, 2.05) is 55.1 Å². The van der Waals surface area contributed by atoms with Crippen LogP contribution in [0.15, 0.2) is 42.5 Å². The van der Waals surface area contributed by atoms with Crippen molar-refractivity contribution in [3.63, 3.8) is 0 Å². The van der Waals surface area contributed by atoms with Gasteiger partial charge in [0.1, 0.15) is 0 Å². The summed E-state index contributed by atoms with van der Waals surface area (Å²) in [6, 6.07) is 13.0. The summed E-state index contributed by atoms with van der Waals surface area (Å²) in [5.41, 5.74) is 3.76. The minimum absolute atomic E-state index is 0.000960. The number of morpholine rings is 1. The number of amides is 1. The van der Waals surface area contributed by atoms with Crippen molar-refractivity contribution in [3.05, 3.63) is 59.2 Å². The Labute approximate surface area is 141 Å². The van der Waals surface area contributed by atoms with Gasteiger partial charge in [-0.2, -0.15) is 0 Å². The number of ether oxygens (including phenoxy) is 1. The van der Waals surface area contributed by atoms with Crippen LogP contribution < -0.4 is 0 Å². The van der Waals surface area contributed by atoms with Crippen molar-refractivity contribution in [3.8, 4) is 11.1 Å².